The van der Waals surface area contributed by atoms with Crippen LogP contribution in [0, 0.1) is 0 Å². The third-order valence-electron chi connectivity index (χ3n) is 5.66. The lowest BCUT2D eigenvalue weighted by molar-refractivity contribution is 0.0535. The van der Waals surface area contributed by atoms with Crippen molar-refractivity contribution in [1.29, 1.82) is 0 Å². The molecule has 0 N–H and O–H groups in total. The number of carbonyl (C=O) groups is 1. The van der Waals surface area contributed by atoms with E-state index in [9.17, 15) is 4.79 Å². The van der Waals surface area contributed by atoms with Crippen LogP contribution in [-0.4, -0.2) is 43.2 Å². The van der Waals surface area contributed by atoms with Gasteiger partial charge in [0.1, 0.15) is 6.61 Å². The van der Waals surface area contributed by atoms with Gasteiger partial charge < -0.3 is 19.1 Å². The van der Waals surface area contributed by atoms with E-state index in [1.165, 1.54) is 0 Å². The Morgan fingerprint density at radius 2 is 1.74 bits per heavy atom. The lowest BCUT2D eigenvalue weighted by Gasteiger charge is -2.20. The molecule has 0 aliphatic carbocycles. The van der Waals surface area contributed by atoms with E-state index in [1.807, 2.05) is 18.2 Å². The lowest BCUT2D eigenvalue weighted by Crippen LogP contribution is -2.25. The number of nitrogens with zero attached hydrogens (tertiary/aromatic N) is 3. The molecule has 0 spiro atoms. The number of unbranched alkanes of at least 4 members (excludes halogenated alkanes) is 1. The van der Waals surface area contributed by atoms with Gasteiger partial charge >= 0.3 is 5.97 Å². The summed E-state index contributed by atoms with van der Waals surface area (Å²) in [5, 5.41) is 1.80. The summed E-state index contributed by atoms with van der Waals surface area (Å²) in [6.45, 7) is 6.28. The maximum Gasteiger partial charge on any atom is 0.339 e. The third kappa shape index (κ3) is 3.76. The SMILES string of the molecule is CCCCN(CC)c1ncc(-c2c3c(cc4cc(OC)c(OC)cc24)COC3=O)cn1. The molecule has 0 bridgehead atoms. The molecule has 0 radical (unpaired) electrons. The highest BCUT2D eigenvalue weighted by atomic mass is 16.5. The summed E-state index contributed by atoms with van der Waals surface area (Å²) >= 11 is 0. The Labute approximate surface area is 182 Å². The predicted octanol–water partition coefficient (Wildman–Crippen LogP) is 4.61. The molecule has 3 aromatic rings. The Hall–Kier alpha value is -3.35. The van der Waals surface area contributed by atoms with Gasteiger partial charge in [-0.1, -0.05) is 13.3 Å². The van der Waals surface area contributed by atoms with E-state index >= 15 is 0 Å². The van der Waals surface area contributed by atoms with Crippen molar-refractivity contribution in [3.63, 3.8) is 0 Å². The molecule has 0 unspecified atom stereocenters. The first-order valence-corrected chi connectivity index (χ1v) is 10.6. The quantitative estimate of drug-likeness (QED) is 0.492. The molecule has 162 valence electrons. The zero-order chi connectivity index (χ0) is 22.0. The molecule has 4 rings (SSSR count). The van der Waals surface area contributed by atoms with Gasteiger partial charge in [0, 0.05) is 42.2 Å². The molecule has 31 heavy (non-hydrogen) atoms. The number of fused-ring (bicyclic) bond motifs is 2. The van der Waals surface area contributed by atoms with Crippen LogP contribution in [0.25, 0.3) is 21.9 Å². The molecule has 0 fully saturated rings. The standard InChI is InChI=1S/C24H27N3O4/c1-5-7-8-27(6-2)24-25-12-17(13-26-24)21-18-11-20(30-4)19(29-3)10-15(18)9-16-14-31-23(28)22(16)21/h9-13H,5-8,14H2,1-4H3. The normalized spacial score (nSPS) is 12.6. The molecular weight excluding hydrogens is 394 g/mol. The summed E-state index contributed by atoms with van der Waals surface area (Å²) < 4.78 is 16.3. The number of cyclic esters (lactones) is 1. The van der Waals surface area contributed by atoms with Gasteiger partial charge in [-0.3, -0.25) is 0 Å². The minimum atomic E-state index is -0.330. The van der Waals surface area contributed by atoms with Crippen LogP contribution in [-0.2, 0) is 11.3 Å². The molecule has 2 heterocycles. The number of anilines is 1. The van der Waals surface area contributed by atoms with Crippen molar-refractivity contribution < 1.29 is 19.0 Å². The highest BCUT2D eigenvalue weighted by Crippen LogP contribution is 2.42. The summed E-state index contributed by atoms with van der Waals surface area (Å²) in [6.07, 6.45) is 5.77. The molecule has 7 heteroatoms. The van der Waals surface area contributed by atoms with E-state index in [4.69, 9.17) is 14.2 Å². The number of hydrogen-bond donors (Lipinski definition) is 0. The number of esters is 1. The van der Waals surface area contributed by atoms with Crippen LogP contribution in [0.4, 0.5) is 5.95 Å². The van der Waals surface area contributed by atoms with Crippen LogP contribution in [0.5, 0.6) is 11.5 Å². The molecule has 1 aliphatic rings. The predicted molar refractivity (Wildman–Crippen MR) is 120 cm³/mol. The van der Waals surface area contributed by atoms with Crippen LogP contribution in [0.1, 0.15) is 42.6 Å². The summed E-state index contributed by atoms with van der Waals surface area (Å²) in [6, 6.07) is 5.78. The number of benzene rings is 2. The molecule has 1 aromatic heterocycles. The van der Waals surface area contributed by atoms with Gasteiger partial charge in [-0.2, -0.15) is 0 Å². The number of hydrogen-bond acceptors (Lipinski definition) is 7. The highest BCUT2D eigenvalue weighted by Gasteiger charge is 2.28. The first-order valence-electron chi connectivity index (χ1n) is 10.6. The molecular formula is C24H27N3O4. The molecule has 0 saturated carbocycles. The number of carbonyl (C=O) groups excluding carboxylic acids is 1. The Balaban J connectivity index is 1.88. The number of methoxy groups -OCH3 is 2. The molecule has 0 saturated heterocycles. The van der Waals surface area contributed by atoms with Gasteiger partial charge in [0.2, 0.25) is 5.95 Å². The number of rotatable bonds is 8. The molecule has 0 amide bonds. The molecule has 1 aliphatic heterocycles. The molecule has 2 aromatic carbocycles. The minimum Gasteiger partial charge on any atom is -0.493 e. The summed E-state index contributed by atoms with van der Waals surface area (Å²) in [7, 11) is 3.20. The van der Waals surface area contributed by atoms with Gasteiger partial charge in [0.05, 0.1) is 19.8 Å². The van der Waals surface area contributed by atoms with E-state index in [2.05, 4.69) is 28.7 Å². The van der Waals surface area contributed by atoms with Gasteiger partial charge in [-0.05, 0) is 42.3 Å². The Bertz CT molecular complexity index is 1110. The average molecular weight is 421 g/mol. The Morgan fingerprint density at radius 3 is 2.39 bits per heavy atom. The second kappa shape index (κ2) is 8.79. The first kappa shape index (κ1) is 20.9. The van der Waals surface area contributed by atoms with E-state index in [1.54, 1.807) is 26.6 Å². The van der Waals surface area contributed by atoms with Gasteiger partial charge in [0.15, 0.2) is 11.5 Å². The summed E-state index contributed by atoms with van der Waals surface area (Å²) in [5.41, 5.74) is 2.94. The van der Waals surface area contributed by atoms with E-state index in [-0.39, 0.29) is 12.6 Å². The van der Waals surface area contributed by atoms with Crippen molar-refractivity contribution in [2.45, 2.75) is 33.3 Å². The smallest absolute Gasteiger partial charge is 0.339 e. The minimum absolute atomic E-state index is 0.255. The Kier molecular flexibility index (Phi) is 5.93. The lowest BCUT2D eigenvalue weighted by atomic mass is 9.91. The van der Waals surface area contributed by atoms with Crippen molar-refractivity contribution in [2.24, 2.45) is 0 Å². The topological polar surface area (TPSA) is 73.8 Å². The fraction of sp³-hybridized carbons (Fsp3) is 0.375. The molecule has 0 atom stereocenters. The van der Waals surface area contributed by atoms with E-state index in [0.717, 1.165) is 53.4 Å². The summed E-state index contributed by atoms with van der Waals surface area (Å²) in [5.74, 6) is 1.59. The van der Waals surface area contributed by atoms with Crippen molar-refractivity contribution in [3.05, 3.63) is 41.7 Å². The van der Waals surface area contributed by atoms with Gasteiger partial charge in [0.25, 0.3) is 0 Å². The van der Waals surface area contributed by atoms with Crippen LogP contribution in [0.3, 0.4) is 0 Å². The molecule has 7 nitrogen and oxygen atoms in total. The largest absolute Gasteiger partial charge is 0.493 e. The second-order valence-corrected chi connectivity index (χ2v) is 7.50. The van der Waals surface area contributed by atoms with Crippen molar-refractivity contribution in [1.82, 2.24) is 9.97 Å². The third-order valence-corrected chi connectivity index (χ3v) is 5.66. The van der Waals surface area contributed by atoms with Crippen LogP contribution in [0.2, 0.25) is 0 Å². The second-order valence-electron chi connectivity index (χ2n) is 7.50. The fourth-order valence-electron chi connectivity index (χ4n) is 4.01. The number of ether oxygens (including phenoxy) is 3. The average Bonchev–Trinajstić information content (AvgIpc) is 3.17. The summed E-state index contributed by atoms with van der Waals surface area (Å²) in [4.78, 5) is 24.0. The maximum absolute atomic E-state index is 12.6. The van der Waals surface area contributed by atoms with Crippen LogP contribution in [0.15, 0.2) is 30.6 Å². The van der Waals surface area contributed by atoms with Crippen LogP contribution >= 0.6 is 0 Å². The number of aromatic nitrogens is 2. The van der Waals surface area contributed by atoms with Gasteiger partial charge in [-0.25, -0.2) is 14.8 Å². The fourth-order valence-corrected chi connectivity index (χ4v) is 4.01. The highest BCUT2D eigenvalue weighted by molar-refractivity contribution is 6.11. The monoisotopic (exact) mass is 421 g/mol. The van der Waals surface area contributed by atoms with Crippen molar-refractivity contribution >= 4 is 22.7 Å². The Morgan fingerprint density at radius 1 is 1.03 bits per heavy atom. The van der Waals surface area contributed by atoms with Crippen LogP contribution < -0.4 is 14.4 Å². The van der Waals surface area contributed by atoms with E-state index in [0.29, 0.717) is 23.0 Å². The van der Waals surface area contributed by atoms with Gasteiger partial charge in [-0.15, -0.1) is 0 Å². The first-order chi connectivity index (χ1) is 15.1. The van der Waals surface area contributed by atoms with E-state index < -0.39 is 0 Å². The zero-order valence-corrected chi connectivity index (χ0v) is 18.4. The van der Waals surface area contributed by atoms with Crippen molar-refractivity contribution in [2.75, 3.05) is 32.2 Å². The maximum atomic E-state index is 12.6. The van der Waals surface area contributed by atoms with Crippen molar-refractivity contribution in [3.8, 4) is 22.6 Å². The zero-order valence-electron chi connectivity index (χ0n) is 18.4.